The summed E-state index contributed by atoms with van der Waals surface area (Å²) in [6.45, 7) is 7.80. The number of nitrogens with zero attached hydrogens (tertiary/aromatic N) is 1. The fourth-order valence-electron chi connectivity index (χ4n) is 1.60. The first-order chi connectivity index (χ1) is 7.22. The van der Waals surface area contributed by atoms with Crippen molar-refractivity contribution in [1.29, 1.82) is 0 Å². The fraction of sp³-hybridized carbons (Fsp3) is 0.500. The Hall–Kier alpha value is -0.570. The molecule has 0 aliphatic carbocycles. The van der Waals surface area contributed by atoms with E-state index in [-0.39, 0.29) is 0 Å². The number of nitrogens with two attached hydrogens (primary N) is 1. The van der Waals surface area contributed by atoms with E-state index in [9.17, 15) is 0 Å². The molecule has 1 aromatic rings. The van der Waals surface area contributed by atoms with Gasteiger partial charge in [0.2, 0.25) is 0 Å². The van der Waals surface area contributed by atoms with E-state index < -0.39 is 0 Å². The molecule has 0 aliphatic rings. The van der Waals surface area contributed by atoms with Crippen LogP contribution in [0.1, 0.15) is 25.0 Å². The second-order valence-corrected chi connectivity index (χ2v) is 3.93. The van der Waals surface area contributed by atoms with Crippen molar-refractivity contribution in [1.82, 2.24) is 4.90 Å². The van der Waals surface area contributed by atoms with Gasteiger partial charge in [0, 0.05) is 18.1 Å². The van der Waals surface area contributed by atoms with E-state index >= 15 is 0 Å². The highest BCUT2D eigenvalue weighted by molar-refractivity contribution is 6.32. The van der Waals surface area contributed by atoms with Crippen LogP contribution >= 0.6 is 11.6 Å². The van der Waals surface area contributed by atoms with Gasteiger partial charge < -0.3 is 5.73 Å². The quantitative estimate of drug-likeness (QED) is 0.837. The predicted molar refractivity (Wildman–Crippen MR) is 66.0 cm³/mol. The molecule has 2 nitrogen and oxygen atoms in total. The van der Waals surface area contributed by atoms with Gasteiger partial charge in [-0.3, -0.25) is 4.90 Å². The van der Waals surface area contributed by atoms with Crippen molar-refractivity contribution in [3.63, 3.8) is 0 Å². The first kappa shape index (κ1) is 12.5. The molecule has 1 aromatic carbocycles. The Morgan fingerprint density at radius 2 is 1.80 bits per heavy atom. The third kappa shape index (κ3) is 3.20. The number of benzene rings is 1. The van der Waals surface area contributed by atoms with Crippen LogP contribution in [0.3, 0.4) is 0 Å². The molecule has 0 aliphatic heterocycles. The molecular weight excluding hydrogens is 208 g/mol. The Kier molecular flexibility index (Phi) is 5.09. The van der Waals surface area contributed by atoms with Crippen molar-refractivity contribution in [3.05, 3.63) is 34.3 Å². The molecule has 0 spiro atoms. The summed E-state index contributed by atoms with van der Waals surface area (Å²) in [5.74, 6) is 0. The zero-order chi connectivity index (χ0) is 11.3. The minimum atomic E-state index is 0.505. The second kappa shape index (κ2) is 6.11. The van der Waals surface area contributed by atoms with Gasteiger partial charge in [-0.2, -0.15) is 0 Å². The maximum atomic E-state index is 6.26. The van der Waals surface area contributed by atoms with E-state index in [4.69, 9.17) is 17.3 Å². The first-order valence-electron chi connectivity index (χ1n) is 5.41. The molecule has 0 saturated carbocycles. The van der Waals surface area contributed by atoms with E-state index in [2.05, 4.69) is 24.8 Å². The van der Waals surface area contributed by atoms with Crippen LogP contribution in [0.25, 0.3) is 0 Å². The van der Waals surface area contributed by atoms with Crippen molar-refractivity contribution in [2.45, 2.75) is 26.9 Å². The molecule has 3 heteroatoms. The lowest BCUT2D eigenvalue weighted by atomic mass is 10.1. The molecule has 0 unspecified atom stereocenters. The average molecular weight is 227 g/mol. The molecule has 0 aromatic heterocycles. The molecule has 0 heterocycles. The zero-order valence-electron chi connectivity index (χ0n) is 9.46. The molecule has 0 atom stereocenters. The minimum Gasteiger partial charge on any atom is -0.326 e. The summed E-state index contributed by atoms with van der Waals surface area (Å²) in [5, 5.41) is 0.826. The normalized spacial score (nSPS) is 11.0. The lowest BCUT2D eigenvalue weighted by Crippen LogP contribution is -2.22. The van der Waals surface area contributed by atoms with Crippen molar-refractivity contribution >= 4 is 11.6 Å². The molecule has 84 valence electrons. The molecule has 0 bridgehead atoms. The summed E-state index contributed by atoms with van der Waals surface area (Å²) in [6, 6.07) is 6.07. The van der Waals surface area contributed by atoms with Gasteiger partial charge in [0.05, 0.1) is 0 Å². The maximum Gasteiger partial charge on any atom is 0.0495 e. The van der Waals surface area contributed by atoms with E-state index in [0.717, 1.165) is 30.2 Å². The lowest BCUT2D eigenvalue weighted by Gasteiger charge is -2.19. The van der Waals surface area contributed by atoms with E-state index in [1.807, 2.05) is 12.1 Å². The third-order valence-electron chi connectivity index (χ3n) is 2.67. The molecule has 0 radical (unpaired) electrons. The Bertz CT molecular complexity index is 308. The first-order valence-corrected chi connectivity index (χ1v) is 5.79. The van der Waals surface area contributed by atoms with Gasteiger partial charge in [-0.1, -0.05) is 43.6 Å². The molecule has 0 fully saturated rings. The van der Waals surface area contributed by atoms with E-state index in [0.29, 0.717) is 6.54 Å². The second-order valence-electron chi connectivity index (χ2n) is 3.56. The Labute approximate surface area is 97.0 Å². The minimum absolute atomic E-state index is 0.505. The topological polar surface area (TPSA) is 29.3 Å². The van der Waals surface area contributed by atoms with E-state index in [1.165, 1.54) is 5.56 Å². The Morgan fingerprint density at radius 3 is 2.33 bits per heavy atom. The Balaban J connectivity index is 2.85. The van der Waals surface area contributed by atoms with Crippen LogP contribution in [0.15, 0.2) is 18.2 Å². The molecular formula is C12H19ClN2. The van der Waals surface area contributed by atoms with Crippen molar-refractivity contribution in [3.8, 4) is 0 Å². The van der Waals surface area contributed by atoms with Crippen LogP contribution < -0.4 is 5.73 Å². The highest BCUT2D eigenvalue weighted by Crippen LogP contribution is 2.22. The van der Waals surface area contributed by atoms with Gasteiger partial charge in [0.25, 0.3) is 0 Å². The maximum absolute atomic E-state index is 6.26. The largest absolute Gasteiger partial charge is 0.326 e. The van der Waals surface area contributed by atoms with Crippen LogP contribution in [0.4, 0.5) is 0 Å². The summed E-state index contributed by atoms with van der Waals surface area (Å²) in [7, 11) is 0. The predicted octanol–water partition coefficient (Wildman–Crippen LogP) is 2.64. The molecule has 2 N–H and O–H groups in total. The standard InChI is InChI=1S/C12H19ClN2/c1-3-15(4-2)9-11-7-5-6-10(8-14)12(11)13/h5-7H,3-4,8-9,14H2,1-2H3. The smallest absolute Gasteiger partial charge is 0.0495 e. The van der Waals surface area contributed by atoms with Gasteiger partial charge >= 0.3 is 0 Å². The summed E-state index contributed by atoms with van der Waals surface area (Å²) in [5.41, 5.74) is 7.82. The van der Waals surface area contributed by atoms with Crippen LogP contribution in [0.5, 0.6) is 0 Å². The number of hydrogen-bond acceptors (Lipinski definition) is 2. The number of rotatable bonds is 5. The molecule has 0 amide bonds. The average Bonchev–Trinajstić information content (AvgIpc) is 2.28. The van der Waals surface area contributed by atoms with Gasteiger partial charge in [-0.25, -0.2) is 0 Å². The molecule has 1 rings (SSSR count). The zero-order valence-corrected chi connectivity index (χ0v) is 10.2. The monoisotopic (exact) mass is 226 g/mol. The molecule has 15 heavy (non-hydrogen) atoms. The summed E-state index contributed by atoms with van der Waals surface area (Å²) >= 11 is 6.26. The van der Waals surface area contributed by atoms with Gasteiger partial charge in [-0.05, 0) is 24.2 Å². The van der Waals surface area contributed by atoms with Crippen molar-refractivity contribution < 1.29 is 0 Å². The van der Waals surface area contributed by atoms with Gasteiger partial charge in [0.1, 0.15) is 0 Å². The van der Waals surface area contributed by atoms with Crippen molar-refractivity contribution in [2.75, 3.05) is 13.1 Å². The summed E-state index contributed by atoms with van der Waals surface area (Å²) in [4.78, 5) is 2.33. The highest BCUT2D eigenvalue weighted by Gasteiger charge is 2.07. The Morgan fingerprint density at radius 1 is 1.20 bits per heavy atom. The molecule has 0 saturated heterocycles. The van der Waals surface area contributed by atoms with Gasteiger partial charge in [-0.15, -0.1) is 0 Å². The van der Waals surface area contributed by atoms with Crippen LogP contribution in [-0.4, -0.2) is 18.0 Å². The van der Waals surface area contributed by atoms with E-state index in [1.54, 1.807) is 0 Å². The van der Waals surface area contributed by atoms with Crippen molar-refractivity contribution in [2.24, 2.45) is 5.73 Å². The number of halogens is 1. The fourth-order valence-corrected chi connectivity index (χ4v) is 1.86. The lowest BCUT2D eigenvalue weighted by molar-refractivity contribution is 0.296. The van der Waals surface area contributed by atoms with Crippen LogP contribution in [0, 0.1) is 0 Å². The van der Waals surface area contributed by atoms with Crippen LogP contribution in [0.2, 0.25) is 5.02 Å². The highest BCUT2D eigenvalue weighted by atomic mass is 35.5. The SMILES string of the molecule is CCN(CC)Cc1cccc(CN)c1Cl. The third-order valence-corrected chi connectivity index (χ3v) is 3.15. The summed E-state index contributed by atoms with van der Waals surface area (Å²) < 4.78 is 0. The summed E-state index contributed by atoms with van der Waals surface area (Å²) in [6.07, 6.45) is 0. The number of hydrogen-bond donors (Lipinski definition) is 1. The van der Waals surface area contributed by atoms with Crippen LogP contribution in [-0.2, 0) is 13.1 Å². The van der Waals surface area contributed by atoms with Gasteiger partial charge in [0.15, 0.2) is 0 Å².